The number of rotatable bonds is 2. The molecule has 0 bridgehead atoms. The van der Waals surface area contributed by atoms with Crippen LogP contribution in [-0.4, -0.2) is 29.9 Å². The maximum Gasteiger partial charge on any atom is 0.226 e. The summed E-state index contributed by atoms with van der Waals surface area (Å²) in [4.78, 5) is 25.2. The van der Waals surface area contributed by atoms with Gasteiger partial charge >= 0.3 is 0 Å². The molecule has 2 atom stereocenters. The lowest BCUT2D eigenvalue weighted by Gasteiger charge is -2.35. The van der Waals surface area contributed by atoms with Gasteiger partial charge < -0.3 is 14.8 Å². The topological polar surface area (TPSA) is 60.4 Å². The number of hydrogen-bond donors (Lipinski definition) is 0. The van der Waals surface area contributed by atoms with Crippen molar-refractivity contribution >= 4 is 23.5 Å². The minimum Gasteiger partial charge on any atom is -0.550 e. The molecule has 0 aromatic heterocycles. The van der Waals surface area contributed by atoms with Gasteiger partial charge in [-0.15, -0.1) is 0 Å². The fraction of sp³-hybridized carbons (Fsp3) is 0.692. The van der Waals surface area contributed by atoms with Crippen LogP contribution >= 0.6 is 11.6 Å². The molecule has 0 radical (unpaired) electrons. The SMILES string of the molecule is O=C([O-])[C@@H]1CC=C(Cl)C[C@@H]1C(=O)N1CCCCC1. The highest BCUT2D eigenvalue weighted by Gasteiger charge is 2.35. The van der Waals surface area contributed by atoms with Gasteiger partial charge in [-0.25, -0.2) is 0 Å². The molecule has 0 unspecified atom stereocenters. The minimum absolute atomic E-state index is 0.0739. The molecule has 2 rings (SSSR count). The van der Waals surface area contributed by atoms with Gasteiger partial charge in [0.2, 0.25) is 5.91 Å². The van der Waals surface area contributed by atoms with Gasteiger partial charge in [-0.05, 0) is 32.1 Å². The molecule has 100 valence electrons. The van der Waals surface area contributed by atoms with E-state index in [9.17, 15) is 14.7 Å². The molecule has 2 aliphatic rings. The van der Waals surface area contributed by atoms with E-state index in [1.165, 1.54) is 0 Å². The highest BCUT2D eigenvalue weighted by atomic mass is 35.5. The summed E-state index contributed by atoms with van der Waals surface area (Å²) in [6, 6.07) is 0. The molecule has 0 N–H and O–H groups in total. The Hall–Kier alpha value is -1.03. The molecule has 1 aliphatic carbocycles. The van der Waals surface area contributed by atoms with Gasteiger partial charge in [0.05, 0.1) is 5.92 Å². The number of piperidine rings is 1. The average molecular weight is 271 g/mol. The lowest BCUT2D eigenvalue weighted by Crippen LogP contribution is -2.47. The molecule has 0 saturated carbocycles. The number of halogens is 1. The zero-order valence-electron chi connectivity index (χ0n) is 10.2. The van der Waals surface area contributed by atoms with Crippen molar-refractivity contribution in [3.8, 4) is 0 Å². The third kappa shape index (κ3) is 2.86. The van der Waals surface area contributed by atoms with Crippen LogP contribution in [0.15, 0.2) is 11.1 Å². The van der Waals surface area contributed by atoms with Crippen LogP contribution in [0.1, 0.15) is 32.1 Å². The Balaban J connectivity index is 2.10. The highest BCUT2D eigenvalue weighted by molar-refractivity contribution is 6.29. The van der Waals surface area contributed by atoms with E-state index in [2.05, 4.69) is 0 Å². The van der Waals surface area contributed by atoms with Crippen molar-refractivity contribution in [3.63, 3.8) is 0 Å². The summed E-state index contributed by atoms with van der Waals surface area (Å²) in [5.41, 5.74) is 0. The van der Waals surface area contributed by atoms with Crippen LogP contribution in [0.5, 0.6) is 0 Å². The van der Waals surface area contributed by atoms with Crippen LogP contribution < -0.4 is 5.11 Å². The zero-order valence-corrected chi connectivity index (χ0v) is 11.0. The van der Waals surface area contributed by atoms with E-state index in [-0.39, 0.29) is 5.91 Å². The molecule has 1 saturated heterocycles. The van der Waals surface area contributed by atoms with Crippen molar-refractivity contribution in [1.82, 2.24) is 4.90 Å². The van der Waals surface area contributed by atoms with Gasteiger partial charge in [0.1, 0.15) is 0 Å². The molecule has 0 spiro atoms. The summed E-state index contributed by atoms with van der Waals surface area (Å²) in [5, 5.41) is 11.7. The van der Waals surface area contributed by atoms with E-state index < -0.39 is 17.8 Å². The Bertz CT molecular complexity index is 374. The Morgan fingerprint density at radius 3 is 2.50 bits per heavy atom. The number of aliphatic carboxylic acids is 1. The lowest BCUT2D eigenvalue weighted by molar-refractivity contribution is -0.313. The standard InChI is InChI=1S/C13H18ClNO3/c14-9-4-5-10(13(17)18)11(8-9)12(16)15-6-2-1-3-7-15/h4,10-11H,1-3,5-8H2,(H,17,18)/p-1/t10-,11+/m1/s1. The first kappa shape index (κ1) is 13.4. The number of likely N-dealkylation sites (tertiary alicyclic amines) is 1. The van der Waals surface area contributed by atoms with Gasteiger partial charge in [0, 0.05) is 30.0 Å². The second-order valence-corrected chi connectivity index (χ2v) is 5.49. The number of amides is 1. The van der Waals surface area contributed by atoms with Crippen LogP contribution in [0, 0.1) is 11.8 Å². The molecule has 4 nitrogen and oxygen atoms in total. The van der Waals surface area contributed by atoms with Crippen molar-refractivity contribution in [2.24, 2.45) is 11.8 Å². The third-order valence-electron chi connectivity index (χ3n) is 3.78. The van der Waals surface area contributed by atoms with E-state index in [0.29, 0.717) is 17.9 Å². The molecule has 18 heavy (non-hydrogen) atoms. The van der Waals surface area contributed by atoms with Crippen LogP contribution in [-0.2, 0) is 9.59 Å². The van der Waals surface area contributed by atoms with E-state index in [4.69, 9.17) is 11.6 Å². The highest BCUT2D eigenvalue weighted by Crippen LogP contribution is 2.33. The summed E-state index contributed by atoms with van der Waals surface area (Å²) in [6.07, 6.45) is 5.44. The van der Waals surface area contributed by atoms with Gasteiger partial charge in [0.25, 0.3) is 0 Å². The molecule has 1 heterocycles. The number of carboxylic acids is 1. The largest absolute Gasteiger partial charge is 0.550 e. The smallest absolute Gasteiger partial charge is 0.226 e. The van der Waals surface area contributed by atoms with Gasteiger partial charge in [-0.3, -0.25) is 4.79 Å². The molecule has 0 aromatic rings. The molecular weight excluding hydrogens is 254 g/mol. The van der Waals surface area contributed by atoms with E-state index >= 15 is 0 Å². The number of carbonyl (C=O) groups is 2. The van der Waals surface area contributed by atoms with Crippen LogP contribution in [0.3, 0.4) is 0 Å². The number of allylic oxidation sites excluding steroid dienone is 2. The number of nitrogens with zero attached hydrogens (tertiary/aromatic N) is 1. The summed E-state index contributed by atoms with van der Waals surface area (Å²) < 4.78 is 0. The Morgan fingerprint density at radius 1 is 1.22 bits per heavy atom. The van der Waals surface area contributed by atoms with Crippen molar-refractivity contribution in [2.45, 2.75) is 32.1 Å². The van der Waals surface area contributed by atoms with Crippen molar-refractivity contribution in [1.29, 1.82) is 0 Å². The molecule has 1 fully saturated rings. The fourth-order valence-electron chi connectivity index (χ4n) is 2.72. The predicted octanol–water partition coefficient (Wildman–Crippen LogP) is 0.898. The van der Waals surface area contributed by atoms with E-state index in [0.717, 1.165) is 32.4 Å². The molecule has 0 aromatic carbocycles. The Labute approximate surface area is 112 Å². The Morgan fingerprint density at radius 2 is 1.89 bits per heavy atom. The van der Waals surface area contributed by atoms with Crippen LogP contribution in [0.25, 0.3) is 0 Å². The molecule has 1 amide bonds. The van der Waals surface area contributed by atoms with E-state index in [1.807, 2.05) is 0 Å². The zero-order chi connectivity index (χ0) is 13.1. The first-order chi connectivity index (χ1) is 8.59. The Kier molecular flexibility index (Phi) is 4.27. The lowest BCUT2D eigenvalue weighted by atomic mass is 9.81. The maximum absolute atomic E-state index is 12.4. The first-order valence-corrected chi connectivity index (χ1v) is 6.81. The monoisotopic (exact) mass is 270 g/mol. The average Bonchev–Trinajstić information content (AvgIpc) is 2.38. The fourth-order valence-corrected chi connectivity index (χ4v) is 2.98. The molecule has 1 aliphatic heterocycles. The van der Waals surface area contributed by atoms with Crippen molar-refractivity contribution in [3.05, 3.63) is 11.1 Å². The second kappa shape index (κ2) is 5.74. The van der Waals surface area contributed by atoms with Crippen LogP contribution in [0.2, 0.25) is 0 Å². The van der Waals surface area contributed by atoms with Crippen molar-refractivity contribution in [2.75, 3.05) is 13.1 Å². The molecule has 5 heteroatoms. The van der Waals surface area contributed by atoms with Gasteiger partial charge in [0.15, 0.2) is 0 Å². The number of hydrogen-bond acceptors (Lipinski definition) is 3. The number of carbonyl (C=O) groups excluding carboxylic acids is 2. The summed E-state index contributed by atoms with van der Waals surface area (Å²) in [6.45, 7) is 1.47. The third-order valence-corrected chi connectivity index (χ3v) is 4.09. The van der Waals surface area contributed by atoms with Gasteiger partial charge in [-0.1, -0.05) is 17.7 Å². The first-order valence-electron chi connectivity index (χ1n) is 6.44. The van der Waals surface area contributed by atoms with Gasteiger partial charge in [-0.2, -0.15) is 0 Å². The summed E-state index contributed by atoms with van der Waals surface area (Å²) >= 11 is 5.94. The quantitative estimate of drug-likeness (QED) is 0.749. The normalized spacial score (nSPS) is 28.7. The van der Waals surface area contributed by atoms with Crippen LogP contribution in [0.4, 0.5) is 0 Å². The molecular formula is C13H17ClNO3-. The summed E-state index contributed by atoms with van der Waals surface area (Å²) in [7, 11) is 0. The van der Waals surface area contributed by atoms with Crippen molar-refractivity contribution < 1.29 is 14.7 Å². The maximum atomic E-state index is 12.4. The summed E-state index contributed by atoms with van der Waals surface area (Å²) in [5.74, 6) is -2.51. The van der Waals surface area contributed by atoms with E-state index in [1.54, 1.807) is 11.0 Å². The second-order valence-electron chi connectivity index (χ2n) is 5.01. The minimum atomic E-state index is -1.15. The predicted molar refractivity (Wildman–Crippen MR) is 65.6 cm³/mol. The number of carboxylic acid groups (broad SMARTS) is 1.